The van der Waals surface area contributed by atoms with E-state index >= 15 is 0 Å². The van der Waals surface area contributed by atoms with E-state index in [9.17, 15) is 4.39 Å². The second-order valence-corrected chi connectivity index (χ2v) is 5.11. The lowest BCUT2D eigenvalue weighted by Crippen LogP contribution is -2.12. The maximum absolute atomic E-state index is 13.6. The van der Waals surface area contributed by atoms with Crippen molar-refractivity contribution in [3.8, 4) is 0 Å². The number of aryl methyl sites for hydroxylation is 2. The Bertz CT molecular complexity index is 765. The average molecular weight is 284 g/mol. The van der Waals surface area contributed by atoms with Gasteiger partial charge in [-0.1, -0.05) is 0 Å². The van der Waals surface area contributed by atoms with Gasteiger partial charge in [-0.3, -0.25) is 0 Å². The Kier molecular flexibility index (Phi) is 3.56. The molecule has 1 N–H and O–H groups in total. The van der Waals surface area contributed by atoms with Gasteiger partial charge in [0.2, 0.25) is 0 Å². The maximum atomic E-state index is 13.6. The second kappa shape index (κ2) is 5.52. The van der Waals surface area contributed by atoms with E-state index in [1.54, 1.807) is 18.3 Å². The summed E-state index contributed by atoms with van der Waals surface area (Å²) in [5, 5.41) is 4.35. The Morgan fingerprint density at radius 2 is 2.10 bits per heavy atom. The van der Waals surface area contributed by atoms with Crippen molar-refractivity contribution >= 4 is 16.7 Å². The minimum Gasteiger partial charge on any atom is -0.368 e. The van der Waals surface area contributed by atoms with Crippen molar-refractivity contribution in [1.29, 1.82) is 0 Å². The highest BCUT2D eigenvalue weighted by Crippen LogP contribution is 2.24. The standard InChI is InChI=1S/C16H17FN4/c1-11-7-13(17)9-15-14(11)8-12(2)21(15)6-5-19-16-3-4-18-10-20-16/h3-4,7-10H,5-6H2,1-2H3,(H,18,19,20). The first-order valence-electron chi connectivity index (χ1n) is 6.91. The van der Waals surface area contributed by atoms with Crippen LogP contribution in [-0.4, -0.2) is 21.1 Å². The van der Waals surface area contributed by atoms with Crippen LogP contribution >= 0.6 is 0 Å². The molecule has 3 rings (SSSR count). The third kappa shape index (κ3) is 2.72. The van der Waals surface area contributed by atoms with Gasteiger partial charge >= 0.3 is 0 Å². The molecular weight excluding hydrogens is 267 g/mol. The summed E-state index contributed by atoms with van der Waals surface area (Å²) in [6.45, 7) is 5.45. The first-order valence-corrected chi connectivity index (χ1v) is 6.91. The molecule has 0 amide bonds. The molecular formula is C16H17FN4. The highest BCUT2D eigenvalue weighted by Gasteiger charge is 2.09. The van der Waals surface area contributed by atoms with Crippen LogP contribution in [0.1, 0.15) is 11.3 Å². The number of benzene rings is 1. The van der Waals surface area contributed by atoms with Crippen molar-refractivity contribution in [1.82, 2.24) is 14.5 Å². The Hall–Kier alpha value is -2.43. The van der Waals surface area contributed by atoms with Crippen LogP contribution < -0.4 is 5.32 Å². The summed E-state index contributed by atoms with van der Waals surface area (Å²) >= 11 is 0. The molecule has 0 spiro atoms. The summed E-state index contributed by atoms with van der Waals surface area (Å²) in [4.78, 5) is 8.00. The molecule has 0 aliphatic heterocycles. The Balaban J connectivity index is 1.82. The summed E-state index contributed by atoms with van der Waals surface area (Å²) in [7, 11) is 0. The molecule has 0 aliphatic carbocycles. The first-order chi connectivity index (χ1) is 10.1. The smallest absolute Gasteiger partial charge is 0.129 e. The van der Waals surface area contributed by atoms with Crippen LogP contribution in [0.3, 0.4) is 0 Å². The molecule has 0 bridgehead atoms. The van der Waals surface area contributed by atoms with E-state index in [-0.39, 0.29) is 5.82 Å². The van der Waals surface area contributed by atoms with E-state index in [1.807, 2.05) is 19.9 Å². The van der Waals surface area contributed by atoms with Crippen molar-refractivity contribution < 1.29 is 4.39 Å². The van der Waals surface area contributed by atoms with E-state index in [0.29, 0.717) is 0 Å². The number of hydrogen-bond acceptors (Lipinski definition) is 3. The lowest BCUT2D eigenvalue weighted by molar-refractivity contribution is 0.626. The average Bonchev–Trinajstić information content (AvgIpc) is 2.77. The summed E-state index contributed by atoms with van der Waals surface area (Å²) in [6.07, 6.45) is 3.21. The van der Waals surface area contributed by atoms with Crippen LogP contribution in [0.4, 0.5) is 10.2 Å². The van der Waals surface area contributed by atoms with Crippen LogP contribution in [0.15, 0.2) is 36.8 Å². The van der Waals surface area contributed by atoms with Crippen LogP contribution in [0.25, 0.3) is 10.9 Å². The van der Waals surface area contributed by atoms with E-state index < -0.39 is 0 Å². The zero-order valence-electron chi connectivity index (χ0n) is 12.1. The predicted molar refractivity (Wildman–Crippen MR) is 81.9 cm³/mol. The number of nitrogens with one attached hydrogen (secondary N) is 1. The minimum atomic E-state index is -0.192. The Morgan fingerprint density at radius 3 is 2.86 bits per heavy atom. The third-order valence-electron chi connectivity index (χ3n) is 3.62. The summed E-state index contributed by atoms with van der Waals surface area (Å²) in [6, 6.07) is 7.10. The highest BCUT2D eigenvalue weighted by molar-refractivity contribution is 5.84. The van der Waals surface area contributed by atoms with Crippen molar-refractivity contribution in [2.75, 3.05) is 11.9 Å². The van der Waals surface area contributed by atoms with Gasteiger partial charge in [-0.15, -0.1) is 0 Å². The number of aromatic nitrogens is 3. The van der Waals surface area contributed by atoms with Gasteiger partial charge in [0, 0.05) is 30.4 Å². The molecule has 0 fully saturated rings. The van der Waals surface area contributed by atoms with Crippen molar-refractivity contribution in [2.45, 2.75) is 20.4 Å². The number of hydrogen-bond donors (Lipinski definition) is 1. The fraction of sp³-hybridized carbons (Fsp3) is 0.250. The third-order valence-corrected chi connectivity index (χ3v) is 3.62. The molecule has 2 aromatic heterocycles. The van der Waals surface area contributed by atoms with Crippen LogP contribution in [-0.2, 0) is 6.54 Å². The predicted octanol–water partition coefficient (Wildman–Crippen LogP) is 3.30. The lowest BCUT2D eigenvalue weighted by Gasteiger charge is -2.10. The largest absolute Gasteiger partial charge is 0.368 e. The highest BCUT2D eigenvalue weighted by atomic mass is 19.1. The molecule has 3 aromatic rings. The van der Waals surface area contributed by atoms with Gasteiger partial charge in [-0.25, -0.2) is 14.4 Å². The molecule has 2 heterocycles. The van der Waals surface area contributed by atoms with Gasteiger partial charge in [-0.2, -0.15) is 0 Å². The van der Waals surface area contributed by atoms with E-state index in [2.05, 4.69) is 25.9 Å². The molecule has 0 saturated heterocycles. The number of halogens is 1. The topological polar surface area (TPSA) is 42.7 Å². The summed E-state index contributed by atoms with van der Waals surface area (Å²) in [5.41, 5.74) is 3.04. The lowest BCUT2D eigenvalue weighted by atomic mass is 10.1. The van der Waals surface area contributed by atoms with Gasteiger partial charge in [0.1, 0.15) is 18.0 Å². The molecule has 0 saturated carbocycles. The fourth-order valence-corrected chi connectivity index (χ4v) is 2.61. The van der Waals surface area contributed by atoms with E-state index in [4.69, 9.17) is 0 Å². The van der Waals surface area contributed by atoms with Gasteiger partial charge in [0.25, 0.3) is 0 Å². The fourth-order valence-electron chi connectivity index (χ4n) is 2.61. The molecule has 0 unspecified atom stereocenters. The van der Waals surface area contributed by atoms with Crippen LogP contribution in [0.2, 0.25) is 0 Å². The molecule has 21 heavy (non-hydrogen) atoms. The monoisotopic (exact) mass is 284 g/mol. The van der Waals surface area contributed by atoms with Gasteiger partial charge in [0.05, 0.1) is 5.52 Å². The summed E-state index contributed by atoms with van der Waals surface area (Å²) in [5.74, 6) is 0.601. The van der Waals surface area contributed by atoms with Crippen LogP contribution in [0, 0.1) is 19.7 Å². The van der Waals surface area contributed by atoms with Crippen molar-refractivity contribution in [3.63, 3.8) is 0 Å². The SMILES string of the molecule is Cc1cc(F)cc2c1cc(C)n2CCNc1ccncn1. The van der Waals surface area contributed by atoms with E-state index in [0.717, 1.165) is 41.1 Å². The molecule has 4 nitrogen and oxygen atoms in total. The van der Waals surface area contributed by atoms with Crippen LogP contribution in [0.5, 0.6) is 0 Å². The Morgan fingerprint density at radius 1 is 1.24 bits per heavy atom. The normalized spacial score (nSPS) is 11.0. The van der Waals surface area contributed by atoms with Gasteiger partial charge < -0.3 is 9.88 Å². The number of rotatable bonds is 4. The quantitative estimate of drug-likeness (QED) is 0.799. The molecule has 108 valence electrons. The van der Waals surface area contributed by atoms with Crippen molar-refractivity contribution in [3.05, 3.63) is 53.9 Å². The molecule has 0 aliphatic rings. The Labute approximate surface area is 122 Å². The zero-order valence-corrected chi connectivity index (χ0v) is 12.1. The number of nitrogens with zero attached hydrogens (tertiary/aromatic N) is 3. The second-order valence-electron chi connectivity index (χ2n) is 5.11. The molecule has 0 atom stereocenters. The number of anilines is 1. The zero-order chi connectivity index (χ0) is 14.8. The first kappa shape index (κ1) is 13.5. The number of fused-ring (bicyclic) bond motifs is 1. The maximum Gasteiger partial charge on any atom is 0.129 e. The van der Waals surface area contributed by atoms with Gasteiger partial charge in [0.15, 0.2) is 0 Å². The van der Waals surface area contributed by atoms with E-state index in [1.165, 1.54) is 6.33 Å². The molecule has 1 aromatic carbocycles. The molecule has 0 radical (unpaired) electrons. The molecule has 5 heteroatoms. The van der Waals surface area contributed by atoms with Gasteiger partial charge in [-0.05, 0) is 43.7 Å². The minimum absolute atomic E-state index is 0.192. The van der Waals surface area contributed by atoms with Crippen molar-refractivity contribution in [2.24, 2.45) is 0 Å². The summed E-state index contributed by atoms with van der Waals surface area (Å²) < 4.78 is 15.8.